The van der Waals surface area contributed by atoms with E-state index < -0.39 is 18.4 Å². The average Bonchev–Trinajstić information content (AvgIpc) is 3.06. The van der Waals surface area contributed by atoms with Crippen LogP contribution in [0.25, 0.3) is 0 Å². The van der Waals surface area contributed by atoms with Gasteiger partial charge in [-0.1, -0.05) is 42.5 Å². The molecule has 0 fully saturated rings. The average molecular weight is 403 g/mol. The zero-order valence-electron chi connectivity index (χ0n) is 16.9. The molecule has 152 valence electrons. The quantitative estimate of drug-likeness (QED) is 0.473. The smallest absolute Gasteiger partial charge is 0.338 e. The van der Waals surface area contributed by atoms with Gasteiger partial charge in [-0.05, 0) is 38.5 Å². The van der Waals surface area contributed by atoms with Crippen LogP contribution in [0.1, 0.15) is 65.3 Å². The summed E-state index contributed by atoms with van der Waals surface area (Å²) in [7, 11) is 0. The highest BCUT2D eigenvalue weighted by molar-refractivity contribution is 6.09. The molecule has 0 unspecified atom stereocenters. The van der Waals surface area contributed by atoms with E-state index in [2.05, 4.69) is 4.98 Å². The first kappa shape index (κ1) is 20.9. The first-order chi connectivity index (χ1) is 14.3. The van der Waals surface area contributed by atoms with Crippen molar-refractivity contribution in [2.75, 3.05) is 6.61 Å². The van der Waals surface area contributed by atoms with Crippen LogP contribution in [0.2, 0.25) is 0 Å². The third kappa shape index (κ3) is 4.27. The predicted octanol–water partition coefficient (Wildman–Crippen LogP) is 4.10. The van der Waals surface area contributed by atoms with Crippen LogP contribution in [-0.2, 0) is 4.74 Å². The molecule has 1 aromatic heterocycles. The lowest BCUT2D eigenvalue weighted by Crippen LogP contribution is -2.15. The first-order valence-corrected chi connectivity index (χ1v) is 9.39. The topological polar surface area (TPSA) is 93.3 Å². The minimum atomic E-state index is -0.671. The number of Topliss-reactive ketones (excluding diaryl/α,β-unsaturated/α-hetero) is 2. The van der Waals surface area contributed by atoms with Crippen LogP contribution in [0.5, 0.6) is 0 Å². The van der Waals surface area contributed by atoms with Gasteiger partial charge in [-0.15, -0.1) is 0 Å². The Bertz CT molecular complexity index is 1120. The Balaban J connectivity index is 1.65. The Morgan fingerprint density at radius 2 is 1.40 bits per heavy atom. The van der Waals surface area contributed by atoms with E-state index in [1.54, 1.807) is 50.2 Å². The molecule has 0 radical (unpaired) electrons. The van der Waals surface area contributed by atoms with Crippen molar-refractivity contribution < 1.29 is 23.9 Å². The van der Waals surface area contributed by atoms with Crippen LogP contribution in [0.4, 0.5) is 0 Å². The second kappa shape index (κ2) is 8.69. The molecular formula is C24H21NO5. The summed E-state index contributed by atoms with van der Waals surface area (Å²) in [5, 5.41) is 0. The molecule has 1 N–H and O–H groups in total. The summed E-state index contributed by atoms with van der Waals surface area (Å²) in [5.41, 5.74) is 3.12. The summed E-state index contributed by atoms with van der Waals surface area (Å²) >= 11 is 0. The molecule has 0 aliphatic heterocycles. The zero-order valence-corrected chi connectivity index (χ0v) is 16.9. The Morgan fingerprint density at radius 3 is 1.97 bits per heavy atom. The van der Waals surface area contributed by atoms with Gasteiger partial charge in [0.15, 0.2) is 18.2 Å². The van der Waals surface area contributed by atoms with Gasteiger partial charge in [0.1, 0.15) is 0 Å². The van der Waals surface area contributed by atoms with Gasteiger partial charge >= 0.3 is 5.97 Å². The predicted molar refractivity (Wildman–Crippen MR) is 111 cm³/mol. The van der Waals surface area contributed by atoms with Crippen molar-refractivity contribution in [3.8, 4) is 0 Å². The lowest BCUT2D eigenvalue weighted by molar-refractivity contribution is 0.0473. The molecule has 6 nitrogen and oxygen atoms in total. The lowest BCUT2D eigenvalue weighted by atomic mass is 10.0. The largest absolute Gasteiger partial charge is 0.454 e. The summed E-state index contributed by atoms with van der Waals surface area (Å²) in [6, 6.07) is 14.9. The van der Waals surface area contributed by atoms with Crippen LogP contribution in [0, 0.1) is 13.8 Å². The molecule has 3 rings (SSSR count). The third-order valence-electron chi connectivity index (χ3n) is 4.82. The number of hydrogen-bond acceptors (Lipinski definition) is 5. The summed E-state index contributed by atoms with van der Waals surface area (Å²) in [6.07, 6.45) is 0. The maximum absolute atomic E-state index is 12.4. The number of aromatic amines is 1. The normalized spacial score (nSPS) is 10.5. The second-order valence-electron chi connectivity index (χ2n) is 6.95. The van der Waals surface area contributed by atoms with Crippen molar-refractivity contribution in [3.63, 3.8) is 0 Å². The van der Waals surface area contributed by atoms with Gasteiger partial charge in [-0.3, -0.25) is 14.4 Å². The molecule has 3 aromatic rings. The van der Waals surface area contributed by atoms with E-state index >= 15 is 0 Å². The molecule has 0 aliphatic carbocycles. The fourth-order valence-electron chi connectivity index (χ4n) is 3.36. The van der Waals surface area contributed by atoms with Crippen LogP contribution >= 0.6 is 0 Å². The second-order valence-corrected chi connectivity index (χ2v) is 6.95. The van der Waals surface area contributed by atoms with E-state index in [9.17, 15) is 19.2 Å². The monoisotopic (exact) mass is 403 g/mol. The van der Waals surface area contributed by atoms with Crippen molar-refractivity contribution in [2.45, 2.75) is 20.8 Å². The molecule has 2 aromatic carbocycles. The van der Waals surface area contributed by atoms with Crippen molar-refractivity contribution >= 4 is 23.3 Å². The standard InChI is InChI=1S/C24H21NO5/c1-14-21(16(3)26)15(2)25-22(14)20(27)13-30-24(29)19-11-9-18(10-12-19)23(28)17-7-5-4-6-8-17/h4-12,25H,13H2,1-3H3. The van der Waals surface area contributed by atoms with Crippen molar-refractivity contribution in [1.29, 1.82) is 0 Å². The number of esters is 1. The number of benzene rings is 2. The number of rotatable bonds is 7. The number of hydrogen-bond donors (Lipinski definition) is 1. The number of ether oxygens (including phenoxy) is 1. The maximum atomic E-state index is 12.4. The van der Waals surface area contributed by atoms with Gasteiger partial charge in [-0.2, -0.15) is 0 Å². The third-order valence-corrected chi connectivity index (χ3v) is 4.82. The highest BCUT2D eigenvalue weighted by Gasteiger charge is 2.21. The molecule has 0 spiro atoms. The Labute approximate surface area is 173 Å². The molecule has 0 aliphatic rings. The molecule has 0 atom stereocenters. The molecule has 0 bridgehead atoms. The molecule has 0 saturated carbocycles. The van der Waals surface area contributed by atoms with Crippen LogP contribution < -0.4 is 0 Å². The zero-order chi connectivity index (χ0) is 21.8. The van der Waals surface area contributed by atoms with Crippen LogP contribution in [0.3, 0.4) is 0 Å². The summed E-state index contributed by atoms with van der Waals surface area (Å²) in [4.78, 5) is 51.7. The summed E-state index contributed by atoms with van der Waals surface area (Å²) in [5.74, 6) is -1.38. The van der Waals surface area contributed by atoms with E-state index in [-0.39, 0.29) is 22.8 Å². The van der Waals surface area contributed by atoms with Gasteiger partial charge in [-0.25, -0.2) is 4.79 Å². The number of H-pyrrole nitrogens is 1. The minimum absolute atomic E-state index is 0.137. The van der Waals surface area contributed by atoms with E-state index in [1.807, 2.05) is 6.07 Å². The highest BCUT2D eigenvalue weighted by Crippen LogP contribution is 2.19. The SMILES string of the molecule is CC(=O)c1c(C)[nH]c(C(=O)COC(=O)c2ccc(C(=O)c3ccccc3)cc2)c1C. The van der Waals surface area contributed by atoms with Crippen molar-refractivity contribution in [1.82, 2.24) is 4.98 Å². The number of aryl methyl sites for hydroxylation is 1. The first-order valence-electron chi connectivity index (χ1n) is 9.39. The van der Waals surface area contributed by atoms with E-state index in [0.29, 0.717) is 27.9 Å². The summed E-state index contributed by atoms with van der Waals surface area (Å²) < 4.78 is 5.12. The van der Waals surface area contributed by atoms with Crippen molar-refractivity contribution in [2.24, 2.45) is 0 Å². The van der Waals surface area contributed by atoms with Crippen molar-refractivity contribution in [3.05, 3.63) is 93.8 Å². The number of ketones is 3. The Kier molecular flexibility index (Phi) is 6.06. The fraction of sp³-hybridized carbons (Fsp3) is 0.167. The van der Waals surface area contributed by atoms with Gasteiger partial charge in [0.2, 0.25) is 5.78 Å². The number of nitrogens with one attached hydrogen (secondary N) is 1. The number of carbonyl (C=O) groups is 4. The molecule has 0 amide bonds. The van der Waals surface area contributed by atoms with Crippen LogP contribution in [0.15, 0.2) is 54.6 Å². The Morgan fingerprint density at radius 1 is 0.833 bits per heavy atom. The van der Waals surface area contributed by atoms with E-state index in [4.69, 9.17) is 4.74 Å². The van der Waals surface area contributed by atoms with Gasteiger partial charge in [0.25, 0.3) is 0 Å². The van der Waals surface area contributed by atoms with Gasteiger partial charge in [0, 0.05) is 22.4 Å². The molecule has 6 heteroatoms. The lowest BCUT2D eigenvalue weighted by Gasteiger charge is -2.06. The van der Waals surface area contributed by atoms with Crippen LogP contribution in [-0.4, -0.2) is 34.9 Å². The molecule has 1 heterocycles. The number of carbonyl (C=O) groups excluding carboxylic acids is 4. The highest BCUT2D eigenvalue weighted by atomic mass is 16.5. The summed E-state index contributed by atoms with van der Waals surface area (Å²) in [6.45, 7) is 4.37. The fourth-order valence-corrected chi connectivity index (χ4v) is 3.36. The minimum Gasteiger partial charge on any atom is -0.454 e. The van der Waals surface area contributed by atoms with E-state index in [0.717, 1.165) is 0 Å². The van der Waals surface area contributed by atoms with Gasteiger partial charge in [0.05, 0.1) is 11.3 Å². The molecule has 30 heavy (non-hydrogen) atoms. The Hall–Kier alpha value is -3.80. The number of aromatic nitrogens is 1. The van der Waals surface area contributed by atoms with E-state index in [1.165, 1.54) is 19.1 Å². The molecular weight excluding hydrogens is 382 g/mol. The maximum Gasteiger partial charge on any atom is 0.338 e. The van der Waals surface area contributed by atoms with Gasteiger partial charge < -0.3 is 9.72 Å². The molecule has 0 saturated heterocycles.